The zero-order valence-corrected chi connectivity index (χ0v) is 13.2. The quantitative estimate of drug-likeness (QED) is 0.778. The van der Waals surface area contributed by atoms with E-state index in [9.17, 15) is 4.79 Å². The van der Waals surface area contributed by atoms with Crippen LogP contribution >= 0.6 is 23.8 Å². The summed E-state index contributed by atoms with van der Waals surface area (Å²) >= 11 is 6.04. The van der Waals surface area contributed by atoms with E-state index in [1.165, 1.54) is 0 Å². The maximum absolute atomic E-state index is 12.5. The number of amides is 1. The van der Waals surface area contributed by atoms with Crippen molar-refractivity contribution in [2.45, 2.75) is 33.6 Å². The highest BCUT2D eigenvalue weighted by Crippen LogP contribution is 2.15. The summed E-state index contributed by atoms with van der Waals surface area (Å²) in [6.45, 7) is 7.35. The van der Waals surface area contributed by atoms with Crippen molar-refractivity contribution in [3.8, 4) is 0 Å². The van der Waals surface area contributed by atoms with Crippen LogP contribution in [0.1, 0.15) is 42.6 Å². The molecule has 0 unspecified atom stereocenters. The molecule has 1 rings (SSSR count). The molecule has 0 atom stereocenters. The highest BCUT2D eigenvalue weighted by molar-refractivity contribution is 7.80. The summed E-state index contributed by atoms with van der Waals surface area (Å²) in [4.78, 5) is 15.4. The predicted molar refractivity (Wildman–Crippen MR) is 81.4 cm³/mol. The van der Waals surface area contributed by atoms with E-state index in [1.807, 2.05) is 6.92 Å². The van der Waals surface area contributed by atoms with E-state index in [0.29, 0.717) is 41.7 Å². The molecule has 0 radical (unpaired) electrons. The Bertz CT molecular complexity index is 445. The van der Waals surface area contributed by atoms with Gasteiger partial charge in [-0.1, -0.05) is 37.5 Å². The van der Waals surface area contributed by atoms with Gasteiger partial charge in [0.1, 0.15) is 4.88 Å². The van der Waals surface area contributed by atoms with Gasteiger partial charge in [-0.25, -0.2) is 0 Å². The van der Waals surface area contributed by atoms with E-state index in [1.54, 1.807) is 4.90 Å². The Morgan fingerprint density at radius 1 is 1.53 bits per heavy atom. The van der Waals surface area contributed by atoms with Crippen molar-refractivity contribution in [3.63, 3.8) is 0 Å². The van der Waals surface area contributed by atoms with Crippen LogP contribution in [0.2, 0.25) is 0 Å². The highest BCUT2D eigenvalue weighted by atomic mass is 32.1. The lowest BCUT2D eigenvalue weighted by molar-refractivity contribution is 0.0745. The fraction of sp³-hybridized carbons (Fsp3) is 0.667. The second kappa shape index (κ2) is 7.49. The van der Waals surface area contributed by atoms with Gasteiger partial charge in [0.2, 0.25) is 0 Å². The molecule has 0 saturated carbocycles. The summed E-state index contributed by atoms with van der Waals surface area (Å²) in [6.07, 6.45) is 1.25. The van der Waals surface area contributed by atoms with Crippen molar-refractivity contribution < 1.29 is 4.79 Å². The zero-order chi connectivity index (χ0) is 14.4. The fourth-order valence-corrected chi connectivity index (χ4v) is 2.52. The van der Waals surface area contributed by atoms with Crippen LogP contribution < -0.4 is 5.73 Å². The number of rotatable bonds is 7. The standard InChI is InChI=1S/C12H20N4OS2/c1-4-9-11(19-15-14-9)12(17)16(7-8(2)3)6-5-10(13)18/h8H,4-7H2,1-3H3,(H2,13,18). The first-order valence-electron chi connectivity index (χ1n) is 6.34. The molecule has 1 aromatic rings. The Kier molecular flexibility index (Phi) is 6.30. The first-order chi connectivity index (χ1) is 8.95. The van der Waals surface area contributed by atoms with E-state index in [0.717, 1.165) is 17.2 Å². The van der Waals surface area contributed by atoms with E-state index in [2.05, 4.69) is 23.4 Å². The van der Waals surface area contributed by atoms with Gasteiger partial charge in [-0.15, -0.1) is 5.10 Å². The molecule has 2 N–H and O–H groups in total. The Morgan fingerprint density at radius 3 is 2.74 bits per heavy atom. The second-order valence-electron chi connectivity index (χ2n) is 4.76. The molecule has 0 fully saturated rings. The largest absolute Gasteiger partial charge is 0.393 e. The predicted octanol–water partition coefficient (Wildman–Crippen LogP) is 1.87. The molecular weight excluding hydrogens is 280 g/mol. The molecule has 0 saturated heterocycles. The number of carbonyl (C=O) groups is 1. The number of nitrogens with zero attached hydrogens (tertiary/aromatic N) is 3. The topological polar surface area (TPSA) is 72.1 Å². The number of aryl methyl sites for hydroxylation is 1. The van der Waals surface area contributed by atoms with Crippen molar-refractivity contribution in [2.75, 3.05) is 13.1 Å². The van der Waals surface area contributed by atoms with Crippen LogP contribution in [0.15, 0.2) is 0 Å². The Morgan fingerprint density at radius 2 is 2.21 bits per heavy atom. The molecular formula is C12H20N4OS2. The van der Waals surface area contributed by atoms with Gasteiger partial charge in [0.15, 0.2) is 0 Å². The van der Waals surface area contributed by atoms with Gasteiger partial charge < -0.3 is 10.6 Å². The molecule has 0 aliphatic heterocycles. The lowest BCUT2D eigenvalue weighted by Crippen LogP contribution is -2.36. The monoisotopic (exact) mass is 300 g/mol. The molecule has 5 nitrogen and oxygen atoms in total. The molecule has 1 amide bonds. The maximum atomic E-state index is 12.5. The SMILES string of the molecule is CCc1nnsc1C(=O)N(CCC(N)=S)CC(C)C. The summed E-state index contributed by atoms with van der Waals surface area (Å²) in [5, 5.41) is 3.98. The number of nitrogens with two attached hydrogens (primary N) is 1. The molecule has 0 spiro atoms. The summed E-state index contributed by atoms with van der Waals surface area (Å²) in [5.74, 6) is 0.373. The normalized spacial score (nSPS) is 10.7. The van der Waals surface area contributed by atoms with Gasteiger partial charge in [-0.3, -0.25) is 4.79 Å². The average Bonchev–Trinajstić information content (AvgIpc) is 2.81. The fourth-order valence-electron chi connectivity index (χ4n) is 1.71. The highest BCUT2D eigenvalue weighted by Gasteiger charge is 2.22. The van der Waals surface area contributed by atoms with E-state index in [4.69, 9.17) is 18.0 Å². The maximum Gasteiger partial charge on any atom is 0.267 e. The number of hydrogen-bond donors (Lipinski definition) is 1. The van der Waals surface area contributed by atoms with Gasteiger partial charge in [-0.2, -0.15) is 0 Å². The molecule has 1 aromatic heterocycles. The third-order valence-electron chi connectivity index (χ3n) is 2.59. The molecule has 7 heteroatoms. The first kappa shape index (κ1) is 16.0. The Labute approximate surface area is 123 Å². The minimum Gasteiger partial charge on any atom is -0.393 e. The van der Waals surface area contributed by atoms with Crippen LogP contribution in [0.5, 0.6) is 0 Å². The van der Waals surface area contributed by atoms with Crippen molar-refractivity contribution >= 4 is 34.6 Å². The third kappa shape index (κ3) is 4.83. The molecule has 0 aliphatic carbocycles. The van der Waals surface area contributed by atoms with E-state index in [-0.39, 0.29) is 5.91 Å². The van der Waals surface area contributed by atoms with Gasteiger partial charge >= 0.3 is 0 Å². The second-order valence-corrected chi connectivity index (χ2v) is 6.04. The molecule has 19 heavy (non-hydrogen) atoms. The minimum atomic E-state index is -0.0169. The number of thiocarbonyl (C=S) groups is 1. The van der Waals surface area contributed by atoms with Gasteiger partial charge in [0.25, 0.3) is 5.91 Å². The Balaban J connectivity index is 2.84. The lowest BCUT2D eigenvalue weighted by Gasteiger charge is -2.24. The van der Waals surface area contributed by atoms with E-state index >= 15 is 0 Å². The summed E-state index contributed by atoms with van der Waals surface area (Å²) in [7, 11) is 0. The van der Waals surface area contributed by atoms with Crippen LogP contribution in [0.4, 0.5) is 0 Å². The number of carbonyl (C=O) groups excluding carboxylic acids is 1. The molecule has 0 aromatic carbocycles. The van der Waals surface area contributed by atoms with Crippen molar-refractivity contribution in [1.29, 1.82) is 0 Å². The van der Waals surface area contributed by atoms with Crippen LogP contribution in [0.25, 0.3) is 0 Å². The average molecular weight is 300 g/mol. The van der Waals surface area contributed by atoms with Crippen LogP contribution in [-0.4, -0.2) is 38.5 Å². The summed E-state index contributed by atoms with van der Waals surface area (Å²) in [5.41, 5.74) is 6.28. The molecule has 0 bridgehead atoms. The van der Waals surface area contributed by atoms with Gasteiger partial charge in [-0.05, 0) is 23.9 Å². The smallest absolute Gasteiger partial charge is 0.267 e. The number of hydrogen-bond acceptors (Lipinski definition) is 5. The lowest BCUT2D eigenvalue weighted by atomic mass is 10.2. The number of aromatic nitrogens is 2. The van der Waals surface area contributed by atoms with Gasteiger partial charge in [0, 0.05) is 19.5 Å². The molecule has 1 heterocycles. The van der Waals surface area contributed by atoms with Crippen LogP contribution in [0.3, 0.4) is 0 Å². The minimum absolute atomic E-state index is 0.0169. The Hall–Kier alpha value is -1.08. The molecule has 106 valence electrons. The van der Waals surface area contributed by atoms with Gasteiger partial charge in [0.05, 0.1) is 10.7 Å². The summed E-state index contributed by atoms with van der Waals surface area (Å²) in [6, 6.07) is 0. The summed E-state index contributed by atoms with van der Waals surface area (Å²) < 4.78 is 3.86. The van der Waals surface area contributed by atoms with Crippen LogP contribution in [0, 0.1) is 5.92 Å². The zero-order valence-electron chi connectivity index (χ0n) is 11.5. The third-order valence-corrected chi connectivity index (χ3v) is 3.55. The van der Waals surface area contributed by atoms with Crippen molar-refractivity contribution in [3.05, 3.63) is 10.6 Å². The molecule has 0 aliphatic rings. The van der Waals surface area contributed by atoms with E-state index < -0.39 is 0 Å². The first-order valence-corrected chi connectivity index (χ1v) is 7.52. The van der Waals surface area contributed by atoms with Crippen molar-refractivity contribution in [1.82, 2.24) is 14.5 Å². The van der Waals surface area contributed by atoms with Crippen LogP contribution in [-0.2, 0) is 6.42 Å². The van der Waals surface area contributed by atoms with Crippen molar-refractivity contribution in [2.24, 2.45) is 11.7 Å².